The zero-order valence-corrected chi connectivity index (χ0v) is 5.14. The van der Waals surface area contributed by atoms with Gasteiger partial charge < -0.3 is 10.7 Å². The number of hydrogen-bond donors (Lipinski definition) is 1. The maximum absolute atomic E-state index is 9.95. The summed E-state index contributed by atoms with van der Waals surface area (Å²) in [7, 11) is 0. The highest BCUT2D eigenvalue weighted by Gasteiger charge is 2.02. The van der Waals surface area contributed by atoms with E-state index in [2.05, 4.69) is 0 Å². The number of nitrogens with two attached hydrogens (primary N) is 1. The first-order valence-corrected chi connectivity index (χ1v) is 2.63. The smallest absolute Gasteiger partial charge is 0.0850 e. The molecule has 44 valence electrons. The molecule has 0 rings (SSSR count). The van der Waals surface area contributed by atoms with Crippen LogP contribution in [-0.2, 0) is 0 Å². The molecule has 1 unspecified atom stereocenters. The molecule has 0 saturated carbocycles. The third kappa shape index (κ3) is 2.60. The fourth-order valence-electron chi connectivity index (χ4n) is 0.157. The van der Waals surface area contributed by atoms with Gasteiger partial charge in [-0.2, -0.15) is 0 Å². The average Bonchev–Trinajstić information content (AvgIpc) is 1.65. The number of hydroxylamine groups is 1. The van der Waals surface area contributed by atoms with Gasteiger partial charge in [0.2, 0.25) is 0 Å². The average molecular weight is 103 g/mol. The lowest BCUT2D eigenvalue weighted by Crippen LogP contribution is -2.84. The van der Waals surface area contributed by atoms with Gasteiger partial charge in [-0.1, -0.05) is 13.8 Å². The highest BCUT2D eigenvalue weighted by atomic mass is 16.5. The molecule has 0 bridgehead atoms. The summed E-state index contributed by atoms with van der Waals surface area (Å²) in [6.07, 6.45) is 0. The molecular weight excluding hydrogens is 90.1 g/mol. The normalized spacial score (nSPS) is 15.0. The van der Waals surface area contributed by atoms with Crippen LogP contribution in [0.2, 0.25) is 0 Å². The molecule has 0 aliphatic heterocycles. The molecular formula is C5H13NO. The van der Waals surface area contributed by atoms with Crippen LogP contribution in [0.5, 0.6) is 0 Å². The Kier molecular flexibility index (Phi) is 2.96. The quantitative estimate of drug-likeness (QED) is 0.494. The van der Waals surface area contributed by atoms with Crippen molar-refractivity contribution in [1.29, 1.82) is 0 Å². The van der Waals surface area contributed by atoms with Crippen LogP contribution in [0.3, 0.4) is 0 Å². The Morgan fingerprint density at radius 2 is 1.71 bits per heavy atom. The first-order valence-electron chi connectivity index (χ1n) is 2.63. The Hall–Kier alpha value is -0.0800. The summed E-state index contributed by atoms with van der Waals surface area (Å²) in [5.74, 6) is 0.498. The van der Waals surface area contributed by atoms with Crippen molar-refractivity contribution >= 4 is 0 Å². The van der Waals surface area contributed by atoms with E-state index in [1.165, 1.54) is 0 Å². The minimum absolute atomic E-state index is 0.222. The third-order valence-corrected chi connectivity index (χ3v) is 1.27. The predicted molar refractivity (Wildman–Crippen MR) is 29.6 cm³/mol. The largest absolute Gasteiger partial charge is 0.636 e. The Labute approximate surface area is 44.5 Å². The van der Waals surface area contributed by atoms with Crippen LogP contribution in [0.1, 0.15) is 20.8 Å². The van der Waals surface area contributed by atoms with E-state index in [1.807, 2.05) is 20.8 Å². The van der Waals surface area contributed by atoms with E-state index >= 15 is 0 Å². The van der Waals surface area contributed by atoms with Gasteiger partial charge in [0.05, 0.1) is 6.04 Å². The lowest BCUT2D eigenvalue weighted by molar-refractivity contribution is -0.630. The van der Waals surface area contributed by atoms with Crippen molar-refractivity contribution < 1.29 is 5.48 Å². The van der Waals surface area contributed by atoms with Gasteiger partial charge in [0.25, 0.3) is 0 Å². The molecule has 1 atom stereocenters. The summed E-state index contributed by atoms with van der Waals surface area (Å²) >= 11 is 0. The van der Waals surface area contributed by atoms with Crippen LogP contribution < -0.4 is 5.48 Å². The Balaban J connectivity index is 3.14. The predicted octanol–water partition coefficient (Wildman–Crippen LogP) is 0.0921. The molecule has 0 aliphatic carbocycles. The first-order chi connectivity index (χ1) is 3.18. The van der Waals surface area contributed by atoms with Crippen LogP contribution >= 0.6 is 0 Å². The summed E-state index contributed by atoms with van der Waals surface area (Å²) in [6.45, 7) is 6.01. The molecule has 2 heteroatoms. The fourth-order valence-corrected chi connectivity index (χ4v) is 0.157. The van der Waals surface area contributed by atoms with E-state index in [0.717, 1.165) is 5.48 Å². The monoisotopic (exact) mass is 103 g/mol. The highest BCUT2D eigenvalue weighted by molar-refractivity contribution is 4.48. The molecule has 2 N–H and O–H groups in total. The zero-order chi connectivity index (χ0) is 5.86. The van der Waals surface area contributed by atoms with Gasteiger partial charge in [0, 0.05) is 5.92 Å². The number of quaternary nitrogens is 1. The molecule has 0 radical (unpaired) electrons. The van der Waals surface area contributed by atoms with Crippen molar-refractivity contribution in [2.45, 2.75) is 26.8 Å². The standard InChI is InChI=1S/C5H13NO/c1-4(2)5(3)6-7/h4-5H,6H2,1-3H3. The fraction of sp³-hybridized carbons (Fsp3) is 1.00. The Bertz CT molecular complexity index is 45.3. The van der Waals surface area contributed by atoms with E-state index in [-0.39, 0.29) is 6.04 Å². The molecule has 0 amide bonds. The van der Waals surface area contributed by atoms with Gasteiger partial charge in [-0.05, 0) is 6.92 Å². The van der Waals surface area contributed by atoms with E-state index in [4.69, 9.17) is 0 Å². The second kappa shape index (κ2) is 2.99. The number of hydrogen-bond acceptors (Lipinski definition) is 1. The molecule has 2 nitrogen and oxygen atoms in total. The third-order valence-electron chi connectivity index (χ3n) is 1.27. The molecule has 0 aromatic heterocycles. The minimum Gasteiger partial charge on any atom is -0.636 e. The van der Waals surface area contributed by atoms with Gasteiger partial charge in [-0.25, -0.2) is 0 Å². The highest BCUT2D eigenvalue weighted by Crippen LogP contribution is 1.92. The lowest BCUT2D eigenvalue weighted by Gasteiger charge is -2.14. The van der Waals surface area contributed by atoms with E-state index in [9.17, 15) is 5.21 Å². The van der Waals surface area contributed by atoms with Crippen molar-refractivity contribution in [2.75, 3.05) is 0 Å². The van der Waals surface area contributed by atoms with E-state index in [1.54, 1.807) is 0 Å². The van der Waals surface area contributed by atoms with Crippen LogP contribution in [0.15, 0.2) is 0 Å². The molecule has 0 aromatic carbocycles. The maximum atomic E-state index is 9.95. The van der Waals surface area contributed by atoms with Gasteiger partial charge in [0.15, 0.2) is 0 Å². The van der Waals surface area contributed by atoms with Gasteiger partial charge in [0.1, 0.15) is 0 Å². The molecule has 0 spiro atoms. The van der Waals surface area contributed by atoms with Crippen LogP contribution in [0, 0.1) is 11.1 Å². The van der Waals surface area contributed by atoms with Crippen LogP contribution in [0.25, 0.3) is 0 Å². The molecule has 0 fully saturated rings. The molecule has 0 aliphatic rings. The molecule has 0 aromatic rings. The maximum Gasteiger partial charge on any atom is 0.0850 e. The Morgan fingerprint density at radius 3 is 1.71 bits per heavy atom. The van der Waals surface area contributed by atoms with Gasteiger partial charge in [-0.3, -0.25) is 0 Å². The molecule has 0 saturated heterocycles. The SMILES string of the molecule is CC(C)C(C)[NH2+][O-]. The second-order valence-electron chi connectivity index (χ2n) is 2.24. The van der Waals surface area contributed by atoms with Crippen molar-refractivity contribution in [1.82, 2.24) is 0 Å². The van der Waals surface area contributed by atoms with Crippen molar-refractivity contribution in [3.63, 3.8) is 0 Å². The van der Waals surface area contributed by atoms with Crippen molar-refractivity contribution in [2.24, 2.45) is 5.92 Å². The lowest BCUT2D eigenvalue weighted by atomic mass is 10.1. The van der Waals surface area contributed by atoms with E-state index < -0.39 is 0 Å². The summed E-state index contributed by atoms with van der Waals surface area (Å²) in [5.41, 5.74) is 0.991. The van der Waals surface area contributed by atoms with Gasteiger partial charge in [-0.15, -0.1) is 0 Å². The first kappa shape index (κ1) is 6.92. The molecule has 0 heterocycles. The van der Waals surface area contributed by atoms with Crippen LogP contribution in [-0.4, -0.2) is 6.04 Å². The summed E-state index contributed by atoms with van der Waals surface area (Å²) < 4.78 is 0. The second-order valence-corrected chi connectivity index (χ2v) is 2.24. The molecule has 7 heavy (non-hydrogen) atoms. The van der Waals surface area contributed by atoms with Crippen LogP contribution in [0.4, 0.5) is 0 Å². The van der Waals surface area contributed by atoms with E-state index in [0.29, 0.717) is 5.92 Å². The van der Waals surface area contributed by atoms with Crippen molar-refractivity contribution in [3.8, 4) is 0 Å². The summed E-state index contributed by atoms with van der Waals surface area (Å²) in [5, 5.41) is 9.95. The Morgan fingerprint density at radius 1 is 1.29 bits per heavy atom. The van der Waals surface area contributed by atoms with Crippen molar-refractivity contribution in [3.05, 3.63) is 5.21 Å². The summed E-state index contributed by atoms with van der Waals surface area (Å²) in [6, 6.07) is 0.222. The topological polar surface area (TPSA) is 39.7 Å². The summed E-state index contributed by atoms with van der Waals surface area (Å²) in [4.78, 5) is 0. The zero-order valence-electron chi connectivity index (χ0n) is 5.14. The minimum atomic E-state index is 0.222. The van der Waals surface area contributed by atoms with Gasteiger partial charge >= 0.3 is 0 Å². The number of rotatable bonds is 2.